The van der Waals surface area contributed by atoms with Crippen LogP contribution in [0.25, 0.3) is 5.70 Å². The molecule has 2 N–H and O–H groups in total. The number of hydrogen-bond acceptors (Lipinski definition) is 7. The Bertz CT molecular complexity index is 1160. The van der Waals surface area contributed by atoms with Gasteiger partial charge in [0.15, 0.2) is 11.5 Å². The fourth-order valence-corrected chi connectivity index (χ4v) is 3.29. The van der Waals surface area contributed by atoms with E-state index in [-0.39, 0.29) is 17.1 Å². The zero-order valence-electron chi connectivity index (χ0n) is 18.6. The summed E-state index contributed by atoms with van der Waals surface area (Å²) in [6, 6.07) is 13.8. The van der Waals surface area contributed by atoms with Crippen molar-refractivity contribution in [3.63, 3.8) is 0 Å². The maximum atomic E-state index is 12.9. The van der Waals surface area contributed by atoms with E-state index in [9.17, 15) is 14.9 Å². The van der Waals surface area contributed by atoms with Crippen LogP contribution in [0, 0.1) is 11.3 Å². The third-order valence-electron chi connectivity index (χ3n) is 4.93. The minimum Gasteiger partial charge on any atom is -0.493 e. The van der Waals surface area contributed by atoms with E-state index in [1.807, 2.05) is 6.07 Å². The van der Waals surface area contributed by atoms with Crippen LogP contribution in [0.2, 0.25) is 0 Å². The summed E-state index contributed by atoms with van der Waals surface area (Å²) in [6.45, 7) is 0.853. The molecule has 9 nitrogen and oxygen atoms in total. The number of hydrogen-bond donors (Lipinski definition) is 2. The molecule has 2 aromatic carbocycles. The summed E-state index contributed by atoms with van der Waals surface area (Å²) in [5.74, 6) is 0.206. The maximum Gasteiger partial charge on any atom is 0.264 e. The summed E-state index contributed by atoms with van der Waals surface area (Å²) in [6.07, 6.45) is 0.614. The van der Waals surface area contributed by atoms with Gasteiger partial charge >= 0.3 is 0 Å². The van der Waals surface area contributed by atoms with Gasteiger partial charge in [0, 0.05) is 37.0 Å². The van der Waals surface area contributed by atoms with Crippen LogP contribution < -0.4 is 20.1 Å². The van der Waals surface area contributed by atoms with Gasteiger partial charge in [0.1, 0.15) is 17.5 Å². The summed E-state index contributed by atoms with van der Waals surface area (Å²) in [7, 11) is 4.57. The summed E-state index contributed by atoms with van der Waals surface area (Å²) >= 11 is 0. The van der Waals surface area contributed by atoms with E-state index in [2.05, 4.69) is 15.6 Å². The summed E-state index contributed by atoms with van der Waals surface area (Å²) in [4.78, 5) is 29.9. The second kappa shape index (κ2) is 10.9. The van der Waals surface area contributed by atoms with Crippen molar-refractivity contribution in [3.05, 3.63) is 64.7 Å². The van der Waals surface area contributed by atoms with Gasteiger partial charge in [-0.15, -0.1) is 0 Å². The van der Waals surface area contributed by atoms with Crippen LogP contribution in [0.4, 0.5) is 0 Å². The SMILES string of the molecule is COCCCNC(=O)/C(C#N)=C1\N=C(NC(=O)c2ccc(OC)c(OC)c2)c2ccccc21. The molecule has 3 rings (SSSR count). The number of rotatable bonds is 8. The highest BCUT2D eigenvalue weighted by Crippen LogP contribution is 2.31. The Balaban J connectivity index is 1.90. The predicted octanol–water partition coefficient (Wildman–Crippen LogP) is 2.28. The molecule has 0 atom stereocenters. The van der Waals surface area contributed by atoms with Gasteiger partial charge in [0.05, 0.1) is 19.9 Å². The number of amidine groups is 1. The first kappa shape index (κ1) is 23.5. The Morgan fingerprint density at radius 2 is 1.76 bits per heavy atom. The van der Waals surface area contributed by atoms with Gasteiger partial charge in [-0.3, -0.25) is 9.59 Å². The number of carbonyl (C=O) groups is 2. The van der Waals surface area contributed by atoms with E-state index in [0.29, 0.717) is 47.8 Å². The van der Waals surface area contributed by atoms with E-state index in [0.717, 1.165) is 0 Å². The lowest BCUT2D eigenvalue weighted by Crippen LogP contribution is -2.30. The number of aliphatic imine (C=N–C) groups is 1. The molecule has 0 unspecified atom stereocenters. The summed E-state index contributed by atoms with van der Waals surface area (Å²) < 4.78 is 15.4. The number of ether oxygens (including phenoxy) is 3. The van der Waals surface area contributed by atoms with Crippen molar-refractivity contribution in [2.45, 2.75) is 6.42 Å². The number of benzene rings is 2. The van der Waals surface area contributed by atoms with Crippen molar-refractivity contribution >= 4 is 23.3 Å². The minimum atomic E-state index is -0.533. The van der Waals surface area contributed by atoms with Gasteiger partial charge in [0.2, 0.25) is 0 Å². The van der Waals surface area contributed by atoms with E-state index in [1.165, 1.54) is 14.2 Å². The molecule has 170 valence electrons. The Hall–Kier alpha value is -4.16. The molecule has 2 aromatic rings. The zero-order chi connectivity index (χ0) is 23.8. The molecule has 0 saturated heterocycles. The molecule has 0 bridgehead atoms. The topological polar surface area (TPSA) is 122 Å². The molecule has 0 fully saturated rings. The molecule has 1 heterocycles. The van der Waals surface area contributed by atoms with Crippen molar-refractivity contribution in [2.75, 3.05) is 34.5 Å². The summed E-state index contributed by atoms with van der Waals surface area (Å²) in [5, 5.41) is 15.1. The molecule has 2 amide bonds. The smallest absolute Gasteiger partial charge is 0.264 e. The zero-order valence-corrected chi connectivity index (χ0v) is 18.6. The monoisotopic (exact) mass is 448 g/mol. The van der Waals surface area contributed by atoms with Crippen LogP contribution in [-0.4, -0.2) is 52.1 Å². The largest absolute Gasteiger partial charge is 0.493 e. The van der Waals surface area contributed by atoms with Gasteiger partial charge in [-0.2, -0.15) is 5.26 Å². The molecule has 0 aliphatic carbocycles. The second-order valence-corrected chi connectivity index (χ2v) is 6.97. The average molecular weight is 448 g/mol. The van der Waals surface area contributed by atoms with Crippen LogP contribution in [-0.2, 0) is 9.53 Å². The Labute approximate surface area is 191 Å². The molecule has 9 heteroatoms. The summed E-state index contributed by atoms with van der Waals surface area (Å²) in [5.41, 5.74) is 1.61. The quantitative estimate of drug-likeness (QED) is 0.363. The van der Waals surface area contributed by atoms with Gasteiger partial charge < -0.3 is 24.8 Å². The van der Waals surface area contributed by atoms with Crippen LogP contribution in [0.3, 0.4) is 0 Å². The predicted molar refractivity (Wildman–Crippen MR) is 122 cm³/mol. The highest BCUT2D eigenvalue weighted by Gasteiger charge is 2.27. The van der Waals surface area contributed by atoms with E-state index < -0.39 is 11.8 Å². The first-order valence-electron chi connectivity index (χ1n) is 10.2. The Morgan fingerprint density at radius 1 is 1.03 bits per heavy atom. The first-order chi connectivity index (χ1) is 16.0. The number of carbonyl (C=O) groups excluding carboxylic acids is 2. The molecule has 0 aromatic heterocycles. The van der Waals surface area contributed by atoms with Crippen LogP contribution in [0.15, 0.2) is 53.0 Å². The van der Waals surface area contributed by atoms with Gasteiger partial charge in [-0.25, -0.2) is 4.99 Å². The van der Waals surface area contributed by atoms with E-state index in [1.54, 1.807) is 49.6 Å². The maximum absolute atomic E-state index is 12.9. The molecule has 0 saturated carbocycles. The lowest BCUT2D eigenvalue weighted by Gasteiger charge is -2.10. The third kappa shape index (κ3) is 5.19. The number of methoxy groups -OCH3 is 3. The van der Waals surface area contributed by atoms with Crippen molar-refractivity contribution in [2.24, 2.45) is 4.99 Å². The number of nitrogens with one attached hydrogen (secondary N) is 2. The highest BCUT2D eigenvalue weighted by molar-refractivity contribution is 6.20. The number of nitrogens with zero attached hydrogens (tertiary/aromatic N) is 2. The molecular weight excluding hydrogens is 424 g/mol. The van der Waals surface area contributed by atoms with Crippen LogP contribution >= 0.6 is 0 Å². The fourth-order valence-electron chi connectivity index (χ4n) is 3.29. The molecule has 33 heavy (non-hydrogen) atoms. The fraction of sp³-hybridized carbons (Fsp3) is 0.250. The number of amides is 2. The molecule has 0 radical (unpaired) electrons. The first-order valence-corrected chi connectivity index (χ1v) is 10.2. The van der Waals surface area contributed by atoms with Gasteiger partial charge in [-0.05, 0) is 24.6 Å². The van der Waals surface area contributed by atoms with Crippen LogP contribution in [0.1, 0.15) is 27.9 Å². The van der Waals surface area contributed by atoms with E-state index in [4.69, 9.17) is 14.2 Å². The Morgan fingerprint density at radius 3 is 2.42 bits per heavy atom. The van der Waals surface area contributed by atoms with Crippen molar-refractivity contribution in [1.82, 2.24) is 10.6 Å². The van der Waals surface area contributed by atoms with Crippen molar-refractivity contribution < 1.29 is 23.8 Å². The van der Waals surface area contributed by atoms with E-state index >= 15 is 0 Å². The molecule has 1 aliphatic rings. The Kier molecular flexibility index (Phi) is 7.78. The van der Waals surface area contributed by atoms with Crippen molar-refractivity contribution in [3.8, 4) is 17.6 Å². The lowest BCUT2D eigenvalue weighted by molar-refractivity contribution is -0.117. The normalized spacial score (nSPS) is 13.3. The molecule has 1 aliphatic heterocycles. The molecule has 0 spiro atoms. The van der Waals surface area contributed by atoms with Crippen LogP contribution in [0.5, 0.6) is 11.5 Å². The second-order valence-electron chi connectivity index (χ2n) is 6.97. The molecular formula is C24H24N4O5. The third-order valence-corrected chi connectivity index (χ3v) is 4.93. The number of nitriles is 1. The van der Waals surface area contributed by atoms with Gasteiger partial charge in [-0.1, -0.05) is 24.3 Å². The van der Waals surface area contributed by atoms with Gasteiger partial charge in [0.25, 0.3) is 11.8 Å². The minimum absolute atomic E-state index is 0.129. The highest BCUT2D eigenvalue weighted by atomic mass is 16.5. The standard InChI is InChI=1S/C24H24N4O5/c1-31-12-6-11-26-24(30)18(14-25)21-16-7-4-5-8-17(16)22(27-21)28-23(29)15-9-10-19(32-2)20(13-15)33-3/h4-5,7-10,13H,6,11-12H2,1-3H3,(H,26,30)(H,27,28,29)/b21-18-. The average Bonchev–Trinajstić information content (AvgIpc) is 3.19. The number of fused-ring (bicyclic) bond motifs is 1. The van der Waals surface area contributed by atoms with Crippen molar-refractivity contribution in [1.29, 1.82) is 5.26 Å². The lowest BCUT2D eigenvalue weighted by atomic mass is 10.0.